The number of halogens is 1. The first-order chi connectivity index (χ1) is 8.90. The van der Waals surface area contributed by atoms with E-state index in [1.54, 1.807) is 0 Å². The minimum absolute atomic E-state index is 0. The fourth-order valence-corrected chi connectivity index (χ4v) is 1.88. The molecule has 1 aromatic rings. The van der Waals surface area contributed by atoms with Crippen LogP contribution >= 0.6 is 12.4 Å². The summed E-state index contributed by atoms with van der Waals surface area (Å²) < 4.78 is 0. The zero-order valence-corrected chi connectivity index (χ0v) is 12.6. The van der Waals surface area contributed by atoms with Crippen LogP contribution < -0.4 is 16.8 Å². The van der Waals surface area contributed by atoms with Gasteiger partial charge in [0.1, 0.15) is 0 Å². The van der Waals surface area contributed by atoms with Crippen molar-refractivity contribution in [1.82, 2.24) is 5.32 Å². The van der Waals surface area contributed by atoms with E-state index in [0.29, 0.717) is 0 Å². The number of hydrogen-bond acceptors (Lipinski definition) is 3. The van der Waals surface area contributed by atoms with Crippen molar-refractivity contribution >= 4 is 24.2 Å². The summed E-state index contributed by atoms with van der Waals surface area (Å²) in [5.74, 6) is -0.922. The summed E-state index contributed by atoms with van der Waals surface area (Å²) in [6.45, 7) is 3.93. The van der Waals surface area contributed by atoms with Gasteiger partial charge in [0.15, 0.2) is 0 Å². The van der Waals surface area contributed by atoms with Crippen molar-refractivity contribution in [3.05, 3.63) is 35.4 Å². The van der Waals surface area contributed by atoms with Crippen LogP contribution in [-0.4, -0.2) is 23.9 Å². The Balaban J connectivity index is 0.00000361. The van der Waals surface area contributed by atoms with Gasteiger partial charge in [-0.15, -0.1) is 12.4 Å². The normalized spacial score (nSPS) is 12.9. The van der Waals surface area contributed by atoms with Crippen LogP contribution in [0.1, 0.15) is 24.5 Å². The summed E-state index contributed by atoms with van der Waals surface area (Å²) in [4.78, 5) is 22.4. The monoisotopic (exact) mass is 299 g/mol. The third-order valence-electron chi connectivity index (χ3n) is 2.93. The third kappa shape index (κ3) is 6.04. The number of aryl methyl sites for hydroxylation is 1. The number of carbonyl (C=O) groups excluding carboxylic acids is 2. The van der Waals surface area contributed by atoms with Crippen molar-refractivity contribution in [2.24, 2.45) is 11.5 Å². The van der Waals surface area contributed by atoms with E-state index in [0.717, 1.165) is 6.42 Å². The first kappa shape index (κ1) is 18.4. The number of hydrogen-bond donors (Lipinski definition) is 3. The Kier molecular flexibility index (Phi) is 7.87. The fourth-order valence-electron chi connectivity index (χ4n) is 1.88. The Bertz CT molecular complexity index is 465. The van der Waals surface area contributed by atoms with Gasteiger partial charge in [-0.25, -0.2) is 0 Å². The largest absolute Gasteiger partial charge is 0.370 e. The zero-order valence-electron chi connectivity index (χ0n) is 11.8. The third-order valence-corrected chi connectivity index (χ3v) is 2.93. The molecule has 0 radical (unpaired) electrons. The van der Waals surface area contributed by atoms with Crippen LogP contribution in [0.2, 0.25) is 0 Å². The van der Waals surface area contributed by atoms with Gasteiger partial charge in [0.25, 0.3) is 0 Å². The average Bonchev–Trinajstić information content (AvgIpc) is 2.31. The maximum atomic E-state index is 11.7. The maximum Gasteiger partial charge on any atom is 0.237 e. The molecule has 5 N–H and O–H groups in total. The number of nitrogens with two attached hydrogens (primary N) is 2. The van der Waals surface area contributed by atoms with Crippen molar-refractivity contribution in [1.29, 1.82) is 0 Å². The highest BCUT2D eigenvalue weighted by Crippen LogP contribution is 2.09. The summed E-state index contributed by atoms with van der Waals surface area (Å²) in [7, 11) is 0. The van der Waals surface area contributed by atoms with E-state index in [4.69, 9.17) is 11.5 Å². The highest BCUT2D eigenvalue weighted by Gasteiger charge is 2.18. The van der Waals surface area contributed by atoms with E-state index < -0.39 is 11.9 Å². The van der Waals surface area contributed by atoms with Crippen LogP contribution in [0.15, 0.2) is 24.3 Å². The van der Waals surface area contributed by atoms with Crippen molar-refractivity contribution in [2.75, 3.05) is 0 Å². The van der Waals surface area contributed by atoms with Crippen LogP contribution in [0.4, 0.5) is 0 Å². The van der Waals surface area contributed by atoms with Crippen molar-refractivity contribution in [3.8, 4) is 0 Å². The predicted octanol–water partition coefficient (Wildman–Crippen LogP) is 0.667. The van der Waals surface area contributed by atoms with Gasteiger partial charge in [0.05, 0.1) is 12.5 Å². The van der Waals surface area contributed by atoms with Crippen LogP contribution in [0.5, 0.6) is 0 Å². The highest BCUT2D eigenvalue weighted by molar-refractivity contribution is 5.87. The lowest BCUT2D eigenvalue weighted by Gasteiger charge is -2.17. The molecule has 112 valence electrons. The molecule has 0 fully saturated rings. The molecule has 0 aliphatic carbocycles. The molecule has 2 atom stereocenters. The van der Waals surface area contributed by atoms with Crippen LogP contribution in [0.25, 0.3) is 0 Å². The number of benzene rings is 1. The molecule has 2 amide bonds. The van der Waals surface area contributed by atoms with Crippen LogP contribution in [0, 0.1) is 6.92 Å². The van der Waals surface area contributed by atoms with Gasteiger partial charge < -0.3 is 16.8 Å². The van der Waals surface area contributed by atoms with Gasteiger partial charge in [0, 0.05) is 6.04 Å². The van der Waals surface area contributed by atoms with E-state index >= 15 is 0 Å². The molecule has 0 bridgehead atoms. The van der Waals surface area contributed by atoms with Crippen LogP contribution in [0.3, 0.4) is 0 Å². The first-order valence-corrected chi connectivity index (χ1v) is 6.29. The molecule has 2 unspecified atom stereocenters. The number of amides is 2. The number of rotatable bonds is 6. The Labute approximate surface area is 125 Å². The highest BCUT2D eigenvalue weighted by atomic mass is 35.5. The Morgan fingerprint density at radius 1 is 1.30 bits per heavy atom. The SMILES string of the molecule is Cc1ccccc1CC(C)NC(=O)C(N)CC(N)=O.Cl. The Morgan fingerprint density at radius 3 is 2.45 bits per heavy atom. The Morgan fingerprint density at radius 2 is 1.90 bits per heavy atom. The van der Waals surface area contributed by atoms with Gasteiger partial charge in [-0.1, -0.05) is 24.3 Å². The molecule has 0 aromatic heterocycles. The lowest BCUT2D eigenvalue weighted by atomic mass is 10.0. The fraction of sp³-hybridized carbons (Fsp3) is 0.429. The second-order valence-corrected chi connectivity index (χ2v) is 4.82. The molecule has 0 saturated heterocycles. The predicted molar refractivity (Wildman–Crippen MR) is 81.5 cm³/mol. The van der Waals surface area contributed by atoms with Gasteiger partial charge in [-0.3, -0.25) is 9.59 Å². The molecule has 0 saturated carbocycles. The van der Waals surface area contributed by atoms with E-state index in [1.807, 2.05) is 38.1 Å². The standard InChI is InChI=1S/C14H21N3O2.ClH/c1-9-5-3-4-6-11(9)7-10(2)17-14(19)12(15)8-13(16)18;/h3-6,10,12H,7-8,15H2,1-2H3,(H2,16,18)(H,17,19);1H. The van der Waals surface area contributed by atoms with E-state index in [9.17, 15) is 9.59 Å². The molecule has 0 aliphatic rings. The van der Waals surface area contributed by atoms with Gasteiger partial charge in [-0.2, -0.15) is 0 Å². The molecule has 1 rings (SSSR count). The second-order valence-electron chi connectivity index (χ2n) is 4.82. The lowest BCUT2D eigenvalue weighted by Crippen LogP contribution is -2.46. The smallest absolute Gasteiger partial charge is 0.237 e. The van der Waals surface area contributed by atoms with Crippen molar-refractivity contribution < 1.29 is 9.59 Å². The number of carbonyl (C=O) groups is 2. The first-order valence-electron chi connectivity index (χ1n) is 6.29. The van der Waals surface area contributed by atoms with Crippen molar-refractivity contribution in [2.45, 2.75) is 38.8 Å². The topological polar surface area (TPSA) is 98.2 Å². The second kappa shape index (κ2) is 8.55. The molecular formula is C14H22ClN3O2. The minimum atomic E-state index is -0.878. The summed E-state index contributed by atoms with van der Waals surface area (Å²) in [5, 5.41) is 2.79. The quantitative estimate of drug-likeness (QED) is 0.720. The maximum absolute atomic E-state index is 11.7. The zero-order chi connectivity index (χ0) is 14.4. The van der Waals surface area contributed by atoms with Gasteiger partial charge in [-0.05, 0) is 31.4 Å². The molecule has 1 aromatic carbocycles. The summed E-state index contributed by atoms with van der Waals surface area (Å²) in [5.41, 5.74) is 12.9. The van der Waals surface area contributed by atoms with Gasteiger partial charge in [0.2, 0.25) is 11.8 Å². The van der Waals surface area contributed by atoms with E-state index in [-0.39, 0.29) is 30.8 Å². The van der Waals surface area contributed by atoms with Crippen LogP contribution in [-0.2, 0) is 16.0 Å². The molecule has 5 nitrogen and oxygen atoms in total. The van der Waals surface area contributed by atoms with E-state index in [1.165, 1.54) is 11.1 Å². The van der Waals surface area contributed by atoms with Crippen molar-refractivity contribution in [3.63, 3.8) is 0 Å². The molecule has 0 spiro atoms. The molecular weight excluding hydrogens is 278 g/mol. The molecule has 20 heavy (non-hydrogen) atoms. The minimum Gasteiger partial charge on any atom is -0.370 e. The molecule has 6 heteroatoms. The average molecular weight is 300 g/mol. The summed E-state index contributed by atoms with van der Waals surface area (Å²) in [6, 6.07) is 7.08. The van der Waals surface area contributed by atoms with E-state index in [2.05, 4.69) is 5.32 Å². The lowest BCUT2D eigenvalue weighted by molar-refractivity contribution is -0.126. The Hall–Kier alpha value is -1.59. The molecule has 0 heterocycles. The van der Waals surface area contributed by atoms with Gasteiger partial charge >= 0.3 is 0 Å². The number of nitrogens with one attached hydrogen (secondary N) is 1. The number of primary amides is 1. The summed E-state index contributed by atoms with van der Waals surface area (Å²) >= 11 is 0. The summed E-state index contributed by atoms with van der Waals surface area (Å²) in [6.07, 6.45) is 0.588. The molecule has 0 aliphatic heterocycles.